The Morgan fingerprint density at radius 1 is 0.540 bits per heavy atom. The Labute approximate surface area is 293 Å². The monoisotopic (exact) mass is 676 g/mol. The first-order chi connectivity index (χ1) is 24.4. The van der Waals surface area contributed by atoms with Gasteiger partial charge in [0.1, 0.15) is 36.5 Å². The fraction of sp³-hybridized carbons (Fsp3) is 0.600. The van der Waals surface area contributed by atoms with Gasteiger partial charge in [0.15, 0.2) is 0 Å². The lowest BCUT2D eigenvalue weighted by Crippen LogP contribution is -2.66. The zero-order valence-corrected chi connectivity index (χ0v) is 28.7. The number of hydrogen-bond acceptors (Lipinski definition) is 6. The molecule has 2 aromatic rings. The molecule has 2 saturated carbocycles. The molecule has 8 atom stereocenters. The van der Waals surface area contributed by atoms with Crippen LogP contribution in [0.1, 0.15) is 101 Å². The van der Waals surface area contributed by atoms with E-state index >= 15 is 0 Å². The molecule has 2 aromatic carbocycles. The second kappa shape index (κ2) is 11.2. The van der Waals surface area contributed by atoms with Crippen molar-refractivity contribution in [1.29, 1.82) is 0 Å². The van der Waals surface area contributed by atoms with Gasteiger partial charge >= 0.3 is 0 Å². The molecule has 10 nitrogen and oxygen atoms in total. The standard InChI is InChI=1S/C40H48N6O4/c47-33-31-21-39(25-15-7-9-17-27(25)43-37(39)45(31)35(49)29(41-33)19-23-11-3-1-4-12-23)40-22-32-34(48)42-30(20-24-13-5-2-6-14-24)36(50)46(32)38(40)44-28-18-10-8-16-26(28)40/h7-10,15-18,23-24,29-32,37-38,43-44H,1-6,11-14,19-22H2,(H,41,47)(H,42,48)/t29-,30-,31-,32-,37+,38+,39-,40-/m0/s1. The van der Waals surface area contributed by atoms with Gasteiger partial charge in [-0.25, -0.2) is 0 Å². The van der Waals surface area contributed by atoms with Gasteiger partial charge in [0.2, 0.25) is 23.6 Å². The Morgan fingerprint density at radius 3 is 1.36 bits per heavy atom. The van der Waals surface area contributed by atoms with E-state index in [9.17, 15) is 19.2 Å². The SMILES string of the molecule is O=C1N[C@@H](CC2CCCCC2)C(=O)N2[C@H]3Nc4ccccc4[C@@]3([C@]34C[C@H]5C(=O)N[C@@H](CC6CCCCC6)C(=O)N5[C@H]3Nc3ccccc34)C[C@@H]12. The number of hydrogen-bond donors (Lipinski definition) is 4. The van der Waals surface area contributed by atoms with Crippen LogP contribution in [0.25, 0.3) is 0 Å². The first-order valence-corrected chi connectivity index (χ1v) is 19.4. The molecule has 4 amide bonds. The van der Waals surface area contributed by atoms with Crippen LogP contribution in [0, 0.1) is 11.8 Å². The molecule has 2 aliphatic carbocycles. The smallest absolute Gasteiger partial charge is 0.247 e. The summed E-state index contributed by atoms with van der Waals surface area (Å²) < 4.78 is 0. The van der Waals surface area contributed by atoms with Crippen molar-refractivity contribution in [2.24, 2.45) is 11.8 Å². The van der Waals surface area contributed by atoms with Crippen molar-refractivity contribution < 1.29 is 19.2 Å². The number of para-hydroxylation sites is 2. The van der Waals surface area contributed by atoms with Gasteiger partial charge in [-0.05, 0) is 60.8 Å². The first-order valence-electron chi connectivity index (χ1n) is 19.4. The van der Waals surface area contributed by atoms with E-state index in [-0.39, 0.29) is 23.6 Å². The minimum absolute atomic E-state index is 0.0170. The van der Waals surface area contributed by atoms with Crippen molar-refractivity contribution in [3.8, 4) is 0 Å². The highest BCUT2D eigenvalue weighted by Crippen LogP contribution is 2.69. The molecule has 0 unspecified atom stereocenters. The summed E-state index contributed by atoms with van der Waals surface area (Å²) in [5.74, 6) is 0.640. The third kappa shape index (κ3) is 4.07. The average Bonchev–Trinajstić information content (AvgIpc) is 3.85. The van der Waals surface area contributed by atoms with Gasteiger partial charge in [0, 0.05) is 11.4 Å². The van der Waals surface area contributed by atoms with E-state index in [1.54, 1.807) is 0 Å². The zero-order valence-electron chi connectivity index (χ0n) is 28.7. The lowest BCUT2D eigenvalue weighted by molar-refractivity contribution is -0.149. The molecule has 0 bridgehead atoms. The number of piperazine rings is 2. The second-order valence-electron chi connectivity index (χ2n) is 16.7. The Hall–Kier alpha value is -4.08. The molecule has 0 radical (unpaired) electrons. The predicted octanol–water partition coefficient (Wildman–Crippen LogP) is 4.51. The Bertz CT molecular complexity index is 1640. The van der Waals surface area contributed by atoms with Crippen molar-refractivity contribution >= 4 is 35.0 Å². The lowest BCUT2D eigenvalue weighted by Gasteiger charge is -2.48. The predicted molar refractivity (Wildman–Crippen MR) is 188 cm³/mol. The molecule has 50 heavy (non-hydrogen) atoms. The number of amides is 4. The van der Waals surface area contributed by atoms with Crippen LogP contribution in [0.2, 0.25) is 0 Å². The molecule has 4 saturated heterocycles. The van der Waals surface area contributed by atoms with Gasteiger partial charge in [0.25, 0.3) is 0 Å². The number of anilines is 2. The summed E-state index contributed by atoms with van der Waals surface area (Å²) in [4.78, 5) is 61.6. The summed E-state index contributed by atoms with van der Waals surface area (Å²) in [5.41, 5.74) is 2.43. The average molecular weight is 677 g/mol. The number of nitrogens with one attached hydrogen (secondary N) is 4. The van der Waals surface area contributed by atoms with Crippen molar-refractivity contribution in [3.63, 3.8) is 0 Å². The molecular formula is C40H48N6O4. The van der Waals surface area contributed by atoms with E-state index in [0.717, 1.165) is 48.2 Å². The lowest BCUT2D eigenvalue weighted by atomic mass is 9.54. The van der Waals surface area contributed by atoms with Crippen molar-refractivity contribution in [2.75, 3.05) is 10.6 Å². The largest absolute Gasteiger partial charge is 0.364 e. The Kier molecular flexibility index (Phi) is 6.89. The maximum atomic E-state index is 14.7. The fourth-order valence-corrected chi connectivity index (χ4v) is 12.2. The minimum Gasteiger partial charge on any atom is -0.364 e. The van der Waals surface area contributed by atoms with Crippen LogP contribution in [0.4, 0.5) is 11.4 Å². The number of carbonyl (C=O) groups excluding carboxylic acids is 4. The van der Waals surface area contributed by atoms with E-state index in [4.69, 9.17) is 0 Å². The van der Waals surface area contributed by atoms with Gasteiger partial charge in [-0.1, -0.05) is 101 Å². The van der Waals surface area contributed by atoms with Crippen LogP contribution < -0.4 is 21.3 Å². The highest BCUT2D eigenvalue weighted by molar-refractivity contribution is 6.01. The van der Waals surface area contributed by atoms with E-state index in [1.807, 2.05) is 34.1 Å². The maximum Gasteiger partial charge on any atom is 0.247 e. The molecular weight excluding hydrogens is 628 g/mol. The van der Waals surface area contributed by atoms with Crippen LogP contribution in [-0.4, -0.2) is 69.9 Å². The molecule has 10 heteroatoms. The van der Waals surface area contributed by atoms with Gasteiger partial charge in [-0.15, -0.1) is 0 Å². The van der Waals surface area contributed by atoms with E-state index in [0.29, 0.717) is 37.5 Å². The molecule has 0 spiro atoms. The summed E-state index contributed by atoms with van der Waals surface area (Å²) in [5, 5.41) is 14.0. The quantitative estimate of drug-likeness (QED) is 0.370. The van der Waals surface area contributed by atoms with Crippen LogP contribution in [0.15, 0.2) is 48.5 Å². The summed E-state index contributed by atoms with van der Waals surface area (Å²) >= 11 is 0. The van der Waals surface area contributed by atoms with Gasteiger partial charge in [0.05, 0.1) is 10.8 Å². The molecule has 8 aliphatic rings. The normalized spacial score (nSPS) is 37.5. The third-order valence-corrected chi connectivity index (χ3v) is 14.3. The number of nitrogens with zero attached hydrogens (tertiary/aromatic N) is 2. The highest BCUT2D eigenvalue weighted by Gasteiger charge is 2.78. The first kappa shape index (κ1) is 30.7. The van der Waals surface area contributed by atoms with Crippen LogP contribution in [-0.2, 0) is 30.0 Å². The fourth-order valence-electron chi connectivity index (χ4n) is 12.2. The minimum atomic E-state index is -0.790. The molecule has 10 rings (SSSR count). The van der Waals surface area contributed by atoms with Gasteiger partial charge in [-0.2, -0.15) is 0 Å². The van der Waals surface area contributed by atoms with Gasteiger partial charge < -0.3 is 31.1 Å². The van der Waals surface area contributed by atoms with Crippen LogP contribution in [0.3, 0.4) is 0 Å². The van der Waals surface area contributed by atoms with Crippen LogP contribution in [0.5, 0.6) is 0 Å². The molecule has 6 aliphatic heterocycles. The summed E-state index contributed by atoms with van der Waals surface area (Å²) in [6, 6.07) is 14.1. The summed E-state index contributed by atoms with van der Waals surface area (Å²) in [6.07, 6.45) is 12.7. The molecule has 0 aromatic heterocycles. The maximum absolute atomic E-state index is 14.7. The Balaban J connectivity index is 1.10. The van der Waals surface area contributed by atoms with Crippen LogP contribution >= 0.6 is 0 Å². The van der Waals surface area contributed by atoms with E-state index < -0.39 is 47.3 Å². The molecule has 4 N–H and O–H groups in total. The van der Waals surface area contributed by atoms with Crippen molar-refractivity contribution in [3.05, 3.63) is 59.7 Å². The topological polar surface area (TPSA) is 123 Å². The number of fused-ring (bicyclic) bond motifs is 11. The van der Waals surface area contributed by atoms with Crippen molar-refractivity contribution in [1.82, 2.24) is 20.4 Å². The highest BCUT2D eigenvalue weighted by atomic mass is 16.2. The van der Waals surface area contributed by atoms with Crippen molar-refractivity contribution in [2.45, 2.75) is 137 Å². The number of benzene rings is 2. The van der Waals surface area contributed by atoms with E-state index in [1.165, 1.54) is 38.5 Å². The van der Waals surface area contributed by atoms with Gasteiger partial charge in [-0.3, -0.25) is 19.2 Å². The molecule has 6 heterocycles. The number of carbonyl (C=O) groups is 4. The third-order valence-electron chi connectivity index (χ3n) is 14.3. The summed E-state index contributed by atoms with van der Waals surface area (Å²) in [7, 11) is 0. The zero-order chi connectivity index (χ0) is 33.8. The summed E-state index contributed by atoms with van der Waals surface area (Å²) in [6.45, 7) is 0. The Morgan fingerprint density at radius 2 is 0.940 bits per heavy atom. The molecule has 6 fully saturated rings. The van der Waals surface area contributed by atoms with E-state index in [2.05, 4.69) is 45.5 Å². The number of rotatable bonds is 5. The molecule has 262 valence electrons. The second-order valence-corrected chi connectivity index (χ2v) is 16.7.